The van der Waals surface area contributed by atoms with E-state index in [9.17, 15) is 9.90 Å². The van der Waals surface area contributed by atoms with Crippen molar-refractivity contribution in [3.05, 3.63) is 54.2 Å². The molecular weight excluding hydrogens is 294 g/mol. The fraction of sp³-hybridized carbons (Fsp3) is 0.294. The minimum absolute atomic E-state index is 0.0880. The fourth-order valence-electron chi connectivity index (χ4n) is 2.62. The molecule has 0 radical (unpaired) electrons. The Hall–Kier alpha value is -2.60. The number of benzene rings is 1. The van der Waals surface area contributed by atoms with E-state index in [2.05, 4.69) is 20.9 Å². The standard InChI is InChI=1S/C17H19N3O3/c21-17(22)14-5-1-2-6-15(14)23-13-19-9-11-20(12-10-19)16-7-3-4-8-18-16/h1-8H,9-13H2,(H,21,22). The highest BCUT2D eigenvalue weighted by Gasteiger charge is 2.23. The molecule has 0 bridgehead atoms. The number of piperazine rings is 1. The second-order valence-electron chi connectivity index (χ2n) is 5.41. The van der Waals surface area contributed by atoms with Gasteiger partial charge in [-0.15, -0.1) is 0 Å². The summed E-state index contributed by atoms with van der Waals surface area (Å²) < 4.78 is 5.66. The maximum atomic E-state index is 11.1. The SMILES string of the molecule is O=C([O-])c1ccccc1OCN1CCN(c2cccc[nH+]2)CC1. The quantitative estimate of drug-likeness (QED) is 0.778. The lowest BCUT2D eigenvalue weighted by Crippen LogP contribution is -2.49. The smallest absolute Gasteiger partial charge is 0.274 e. The third-order valence-electron chi connectivity index (χ3n) is 3.92. The molecule has 2 aromatic rings. The Morgan fingerprint density at radius 3 is 2.52 bits per heavy atom. The molecule has 0 unspecified atom stereocenters. The number of anilines is 1. The van der Waals surface area contributed by atoms with Crippen LogP contribution in [-0.2, 0) is 0 Å². The topological polar surface area (TPSA) is 70.0 Å². The molecule has 1 aliphatic heterocycles. The van der Waals surface area contributed by atoms with Crippen LogP contribution in [0.25, 0.3) is 0 Å². The van der Waals surface area contributed by atoms with E-state index >= 15 is 0 Å². The number of nitrogens with zero attached hydrogens (tertiary/aromatic N) is 2. The maximum Gasteiger partial charge on any atom is 0.274 e. The van der Waals surface area contributed by atoms with Gasteiger partial charge in [0.05, 0.1) is 25.3 Å². The molecule has 1 saturated heterocycles. The summed E-state index contributed by atoms with van der Waals surface area (Å²) in [7, 11) is 0. The lowest BCUT2D eigenvalue weighted by atomic mass is 10.2. The number of carbonyl (C=O) groups is 1. The molecule has 0 amide bonds. The van der Waals surface area contributed by atoms with Crippen LogP contribution in [0.1, 0.15) is 10.4 Å². The van der Waals surface area contributed by atoms with Gasteiger partial charge in [0.25, 0.3) is 5.82 Å². The number of para-hydroxylation sites is 1. The van der Waals surface area contributed by atoms with E-state index in [4.69, 9.17) is 4.74 Å². The number of carboxylic acid groups (broad SMARTS) is 1. The first kappa shape index (κ1) is 15.3. The molecule has 6 nitrogen and oxygen atoms in total. The van der Waals surface area contributed by atoms with Gasteiger partial charge in [-0.3, -0.25) is 9.80 Å². The lowest BCUT2D eigenvalue weighted by Gasteiger charge is -2.30. The van der Waals surface area contributed by atoms with Crippen molar-refractivity contribution in [2.45, 2.75) is 0 Å². The first-order chi connectivity index (χ1) is 11.2. The van der Waals surface area contributed by atoms with Gasteiger partial charge in [0.2, 0.25) is 0 Å². The molecule has 0 spiro atoms. The highest BCUT2D eigenvalue weighted by Crippen LogP contribution is 2.18. The molecule has 2 heterocycles. The molecule has 1 aliphatic rings. The van der Waals surface area contributed by atoms with E-state index in [0.717, 1.165) is 32.0 Å². The highest BCUT2D eigenvalue weighted by atomic mass is 16.5. The molecule has 1 N–H and O–H groups in total. The zero-order valence-corrected chi connectivity index (χ0v) is 12.8. The van der Waals surface area contributed by atoms with Crippen LogP contribution in [0.5, 0.6) is 5.75 Å². The molecule has 1 aromatic heterocycles. The van der Waals surface area contributed by atoms with Crippen molar-refractivity contribution in [2.75, 3.05) is 37.8 Å². The van der Waals surface area contributed by atoms with Gasteiger partial charge in [0.15, 0.2) is 0 Å². The van der Waals surface area contributed by atoms with Crippen molar-refractivity contribution >= 4 is 11.8 Å². The second-order valence-corrected chi connectivity index (χ2v) is 5.41. The number of aromatic nitrogens is 1. The van der Waals surface area contributed by atoms with Gasteiger partial charge in [-0.2, -0.15) is 0 Å². The van der Waals surface area contributed by atoms with Crippen molar-refractivity contribution in [2.24, 2.45) is 0 Å². The monoisotopic (exact) mass is 313 g/mol. The van der Waals surface area contributed by atoms with Crippen LogP contribution in [-0.4, -0.2) is 43.8 Å². The summed E-state index contributed by atoms with van der Waals surface area (Å²) in [4.78, 5) is 18.7. The van der Waals surface area contributed by atoms with Gasteiger partial charge in [0.1, 0.15) is 12.5 Å². The highest BCUT2D eigenvalue weighted by molar-refractivity contribution is 5.89. The zero-order chi connectivity index (χ0) is 16.1. The Kier molecular flexibility index (Phi) is 4.73. The number of ether oxygens (including phenoxy) is 1. The van der Waals surface area contributed by atoms with E-state index in [1.54, 1.807) is 18.2 Å². The number of H-pyrrole nitrogens is 1. The van der Waals surface area contributed by atoms with E-state index in [1.165, 1.54) is 6.07 Å². The summed E-state index contributed by atoms with van der Waals surface area (Å²) >= 11 is 0. The predicted octanol–water partition coefficient (Wildman–Crippen LogP) is 0.0227. The number of carboxylic acids is 1. The summed E-state index contributed by atoms with van der Waals surface area (Å²) in [5, 5.41) is 11.1. The summed E-state index contributed by atoms with van der Waals surface area (Å²) in [6.45, 7) is 3.88. The van der Waals surface area contributed by atoms with Gasteiger partial charge in [-0.25, -0.2) is 4.98 Å². The van der Waals surface area contributed by atoms with Crippen LogP contribution in [0.15, 0.2) is 48.7 Å². The molecule has 6 heteroatoms. The molecule has 23 heavy (non-hydrogen) atoms. The lowest BCUT2D eigenvalue weighted by molar-refractivity contribution is -0.364. The summed E-state index contributed by atoms with van der Waals surface area (Å²) in [6, 6.07) is 12.6. The Bertz CT molecular complexity index is 655. The molecule has 1 aromatic carbocycles. The summed E-state index contributed by atoms with van der Waals surface area (Å²) in [5.41, 5.74) is 0.0880. The van der Waals surface area contributed by atoms with Gasteiger partial charge in [-0.05, 0) is 18.2 Å². The number of aromatic carboxylic acids is 1. The molecule has 3 rings (SSSR count). The molecule has 120 valence electrons. The van der Waals surface area contributed by atoms with Crippen molar-refractivity contribution < 1.29 is 19.6 Å². The normalized spacial score (nSPS) is 15.4. The number of rotatable bonds is 5. The minimum atomic E-state index is -1.22. The number of nitrogens with one attached hydrogen (secondary N) is 1. The minimum Gasteiger partial charge on any atom is -0.545 e. The van der Waals surface area contributed by atoms with Gasteiger partial charge >= 0.3 is 0 Å². The average molecular weight is 313 g/mol. The van der Waals surface area contributed by atoms with Crippen molar-refractivity contribution in [1.82, 2.24) is 4.90 Å². The largest absolute Gasteiger partial charge is 0.545 e. The summed E-state index contributed by atoms with van der Waals surface area (Å²) in [5.74, 6) is 0.242. The van der Waals surface area contributed by atoms with Crippen LogP contribution in [0.4, 0.5) is 5.82 Å². The molecule has 0 saturated carbocycles. The second kappa shape index (κ2) is 7.11. The number of hydrogen-bond acceptors (Lipinski definition) is 5. The Labute approximate surface area is 134 Å². The van der Waals surface area contributed by atoms with Crippen LogP contribution >= 0.6 is 0 Å². The number of hydrogen-bond donors (Lipinski definition) is 0. The molecule has 0 atom stereocenters. The third kappa shape index (κ3) is 3.78. The first-order valence-electron chi connectivity index (χ1n) is 7.61. The predicted molar refractivity (Wildman–Crippen MR) is 83.1 cm³/mol. The van der Waals surface area contributed by atoms with E-state index in [1.807, 2.05) is 18.3 Å². The van der Waals surface area contributed by atoms with E-state index in [-0.39, 0.29) is 5.56 Å². The van der Waals surface area contributed by atoms with E-state index in [0.29, 0.717) is 12.5 Å². The van der Waals surface area contributed by atoms with Crippen LogP contribution in [0.2, 0.25) is 0 Å². The summed E-state index contributed by atoms with van der Waals surface area (Å²) in [6.07, 6.45) is 1.92. The van der Waals surface area contributed by atoms with Crippen LogP contribution in [0, 0.1) is 0 Å². The number of aromatic amines is 1. The Balaban J connectivity index is 1.53. The van der Waals surface area contributed by atoms with Gasteiger partial charge in [-0.1, -0.05) is 18.2 Å². The van der Waals surface area contributed by atoms with Gasteiger partial charge < -0.3 is 14.6 Å². The molecule has 1 fully saturated rings. The molecule has 0 aliphatic carbocycles. The maximum absolute atomic E-state index is 11.1. The number of pyridine rings is 1. The first-order valence-corrected chi connectivity index (χ1v) is 7.61. The van der Waals surface area contributed by atoms with E-state index < -0.39 is 5.97 Å². The van der Waals surface area contributed by atoms with Crippen LogP contribution in [0.3, 0.4) is 0 Å². The van der Waals surface area contributed by atoms with Crippen molar-refractivity contribution in [3.63, 3.8) is 0 Å². The van der Waals surface area contributed by atoms with Crippen LogP contribution < -0.4 is 19.7 Å². The van der Waals surface area contributed by atoms with Gasteiger partial charge in [0, 0.05) is 24.7 Å². The number of carbonyl (C=O) groups excluding carboxylic acids is 1. The Morgan fingerprint density at radius 1 is 1.09 bits per heavy atom. The fourth-order valence-corrected chi connectivity index (χ4v) is 2.62. The zero-order valence-electron chi connectivity index (χ0n) is 12.8. The molecular formula is C17H19N3O3. The average Bonchev–Trinajstić information content (AvgIpc) is 2.61. The third-order valence-corrected chi connectivity index (χ3v) is 3.92. The van der Waals surface area contributed by atoms with Crippen molar-refractivity contribution in [1.29, 1.82) is 0 Å². The van der Waals surface area contributed by atoms with Crippen molar-refractivity contribution in [3.8, 4) is 5.75 Å². The Morgan fingerprint density at radius 2 is 1.83 bits per heavy atom.